The average molecular weight is 291 g/mol. The van der Waals surface area contributed by atoms with Gasteiger partial charge in [0.05, 0.1) is 6.61 Å². The molecule has 0 bridgehead atoms. The van der Waals surface area contributed by atoms with Crippen LogP contribution in [0.5, 0.6) is 0 Å². The number of benzene rings is 1. The quantitative estimate of drug-likeness (QED) is 0.676. The van der Waals surface area contributed by atoms with E-state index in [2.05, 4.69) is 5.32 Å². The molecule has 0 fully saturated rings. The number of carbonyl (C=O) groups excluding carboxylic acids is 2. The van der Waals surface area contributed by atoms with E-state index in [9.17, 15) is 9.59 Å². The fourth-order valence-corrected chi connectivity index (χ4v) is 1.79. The summed E-state index contributed by atoms with van der Waals surface area (Å²) in [6, 6.07) is 9.38. The Morgan fingerprint density at radius 1 is 1.29 bits per heavy atom. The molecule has 0 spiro atoms. The molecule has 6 heteroatoms. The molecule has 6 nitrogen and oxygen atoms in total. The standard InChI is InChI=1S/C15H17NO5/c1-11(17)21-13-7-8-14(19-10-13)16-15(18)20-9-12-5-3-2-4-6-12/h2-8,13-14H,9-10H2,1H3,(H,16,18)/t13-,14+/m1/s1. The number of hydrogen-bond acceptors (Lipinski definition) is 5. The van der Waals surface area contributed by atoms with Crippen LogP contribution in [0.4, 0.5) is 4.79 Å². The summed E-state index contributed by atoms with van der Waals surface area (Å²) in [7, 11) is 0. The fraction of sp³-hybridized carbons (Fsp3) is 0.333. The lowest BCUT2D eigenvalue weighted by Crippen LogP contribution is -2.40. The summed E-state index contributed by atoms with van der Waals surface area (Å²) in [6.45, 7) is 1.72. The molecule has 1 aliphatic rings. The van der Waals surface area contributed by atoms with Gasteiger partial charge in [0.1, 0.15) is 12.7 Å². The third-order valence-corrected chi connectivity index (χ3v) is 2.73. The molecule has 2 atom stereocenters. The van der Waals surface area contributed by atoms with Gasteiger partial charge in [-0.15, -0.1) is 0 Å². The summed E-state index contributed by atoms with van der Waals surface area (Å²) in [4.78, 5) is 22.4. The first-order chi connectivity index (χ1) is 10.1. The molecule has 0 unspecified atom stereocenters. The zero-order valence-corrected chi connectivity index (χ0v) is 11.7. The Kier molecular flexibility index (Phi) is 5.34. The number of esters is 1. The highest BCUT2D eigenvalue weighted by Gasteiger charge is 2.19. The monoisotopic (exact) mass is 291 g/mol. The maximum Gasteiger partial charge on any atom is 0.409 e. The minimum Gasteiger partial charge on any atom is -0.456 e. The van der Waals surface area contributed by atoms with Crippen molar-refractivity contribution in [2.24, 2.45) is 0 Å². The molecule has 21 heavy (non-hydrogen) atoms. The lowest BCUT2D eigenvalue weighted by atomic mass is 10.2. The van der Waals surface area contributed by atoms with Crippen LogP contribution in [0.2, 0.25) is 0 Å². The van der Waals surface area contributed by atoms with E-state index >= 15 is 0 Å². The highest BCUT2D eigenvalue weighted by Crippen LogP contribution is 2.07. The Morgan fingerprint density at radius 3 is 2.67 bits per heavy atom. The van der Waals surface area contributed by atoms with Gasteiger partial charge >= 0.3 is 12.1 Å². The van der Waals surface area contributed by atoms with Gasteiger partial charge in [-0.1, -0.05) is 30.3 Å². The number of ether oxygens (including phenoxy) is 3. The van der Waals surface area contributed by atoms with Crippen LogP contribution in [0.3, 0.4) is 0 Å². The largest absolute Gasteiger partial charge is 0.456 e. The second-order valence-electron chi connectivity index (χ2n) is 4.49. The topological polar surface area (TPSA) is 73.9 Å². The summed E-state index contributed by atoms with van der Waals surface area (Å²) < 4.78 is 15.4. The molecule has 0 radical (unpaired) electrons. The van der Waals surface area contributed by atoms with Gasteiger partial charge in [-0.3, -0.25) is 10.1 Å². The molecule has 0 aliphatic carbocycles. The zero-order chi connectivity index (χ0) is 15.1. The van der Waals surface area contributed by atoms with Crippen LogP contribution in [0.25, 0.3) is 0 Å². The van der Waals surface area contributed by atoms with E-state index < -0.39 is 18.4 Å². The number of rotatable bonds is 4. The van der Waals surface area contributed by atoms with Gasteiger partial charge in [0.2, 0.25) is 0 Å². The Hall–Kier alpha value is -2.34. The van der Waals surface area contributed by atoms with Gasteiger partial charge in [0.25, 0.3) is 0 Å². The Labute approximate surface area is 122 Å². The van der Waals surface area contributed by atoms with Crippen LogP contribution < -0.4 is 5.32 Å². The van der Waals surface area contributed by atoms with Crippen LogP contribution in [-0.4, -0.2) is 31.0 Å². The predicted molar refractivity (Wildman–Crippen MR) is 74.2 cm³/mol. The SMILES string of the molecule is CC(=O)O[C@@H]1C=C[C@@H](NC(=O)OCc2ccccc2)OC1. The molecule has 2 rings (SSSR count). The van der Waals surface area contributed by atoms with E-state index in [0.29, 0.717) is 0 Å². The molecule has 112 valence electrons. The second kappa shape index (κ2) is 7.44. The smallest absolute Gasteiger partial charge is 0.409 e. The van der Waals surface area contributed by atoms with Crippen molar-refractivity contribution in [1.82, 2.24) is 5.32 Å². The van der Waals surface area contributed by atoms with Gasteiger partial charge in [-0.2, -0.15) is 0 Å². The Balaban J connectivity index is 1.73. The Morgan fingerprint density at radius 2 is 2.05 bits per heavy atom. The maximum atomic E-state index is 11.6. The van der Waals surface area contributed by atoms with Gasteiger partial charge in [0.15, 0.2) is 6.23 Å². The molecule has 1 heterocycles. The minimum atomic E-state index is -0.583. The summed E-state index contributed by atoms with van der Waals surface area (Å²) in [6.07, 6.45) is 1.72. The summed E-state index contributed by atoms with van der Waals surface area (Å²) in [5.41, 5.74) is 0.905. The van der Waals surface area contributed by atoms with E-state index in [-0.39, 0.29) is 19.2 Å². The first-order valence-electron chi connectivity index (χ1n) is 6.58. The van der Waals surface area contributed by atoms with Crippen molar-refractivity contribution in [2.75, 3.05) is 6.61 Å². The van der Waals surface area contributed by atoms with E-state index in [1.54, 1.807) is 12.2 Å². The van der Waals surface area contributed by atoms with E-state index in [0.717, 1.165) is 5.56 Å². The number of alkyl carbamates (subject to hydrolysis) is 1. The van der Waals surface area contributed by atoms with Crippen molar-refractivity contribution in [1.29, 1.82) is 0 Å². The van der Waals surface area contributed by atoms with E-state index in [4.69, 9.17) is 14.2 Å². The minimum absolute atomic E-state index is 0.194. The normalized spacial score (nSPS) is 20.6. The first-order valence-corrected chi connectivity index (χ1v) is 6.58. The van der Waals surface area contributed by atoms with Gasteiger partial charge < -0.3 is 14.2 Å². The highest BCUT2D eigenvalue weighted by atomic mass is 16.6. The number of amides is 1. The van der Waals surface area contributed by atoms with Crippen molar-refractivity contribution in [3.63, 3.8) is 0 Å². The van der Waals surface area contributed by atoms with Crippen LogP contribution in [-0.2, 0) is 25.6 Å². The van der Waals surface area contributed by atoms with Crippen LogP contribution >= 0.6 is 0 Å². The zero-order valence-electron chi connectivity index (χ0n) is 11.7. The summed E-state index contributed by atoms with van der Waals surface area (Å²) in [5.74, 6) is -0.373. The summed E-state index contributed by atoms with van der Waals surface area (Å²) in [5, 5.41) is 2.55. The van der Waals surface area contributed by atoms with Gasteiger partial charge in [-0.25, -0.2) is 4.79 Å². The highest BCUT2D eigenvalue weighted by molar-refractivity contribution is 5.68. The predicted octanol–water partition coefficient (Wildman–Crippen LogP) is 1.76. The van der Waals surface area contributed by atoms with Crippen molar-refractivity contribution in [3.05, 3.63) is 48.0 Å². The van der Waals surface area contributed by atoms with Crippen molar-refractivity contribution in [2.45, 2.75) is 25.9 Å². The number of carbonyl (C=O) groups is 2. The molecule has 1 aliphatic heterocycles. The van der Waals surface area contributed by atoms with Crippen molar-refractivity contribution >= 4 is 12.1 Å². The van der Waals surface area contributed by atoms with Gasteiger partial charge in [0, 0.05) is 6.92 Å². The second-order valence-corrected chi connectivity index (χ2v) is 4.49. The number of hydrogen-bond donors (Lipinski definition) is 1. The molecule has 0 saturated heterocycles. The molecule has 1 amide bonds. The molecular formula is C15H17NO5. The maximum absolute atomic E-state index is 11.6. The average Bonchev–Trinajstić information content (AvgIpc) is 2.48. The van der Waals surface area contributed by atoms with E-state index in [1.807, 2.05) is 30.3 Å². The molecular weight excluding hydrogens is 274 g/mol. The number of nitrogens with one attached hydrogen (secondary N) is 1. The lowest BCUT2D eigenvalue weighted by Gasteiger charge is -2.23. The lowest BCUT2D eigenvalue weighted by molar-refractivity contribution is -0.148. The van der Waals surface area contributed by atoms with Crippen LogP contribution in [0, 0.1) is 0 Å². The summed E-state index contributed by atoms with van der Waals surface area (Å²) >= 11 is 0. The fourth-order valence-electron chi connectivity index (χ4n) is 1.79. The molecule has 1 aromatic rings. The molecule has 0 aromatic heterocycles. The molecule has 1 aromatic carbocycles. The third kappa shape index (κ3) is 5.27. The first kappa shape index (κ1) is 15.1. The van der Waals surface area contributed by atoms with Crippen molar-refractivity contribution < 1.29 is 23.8 Å². The van der Waals surface area contributed by atoms with Crippen LogP contribution in [0.15, 0.2) is 42.5 Å². The van der Waals surface area contributed by atoms with Crippen LogP contribution in [0.1, 0.15) is 12.5 Å². The van der Waals surface area contributed by atoms with Crippen molar-refractivity contribution in [3.8, 4) is 0 Å². The third-order valence-electron chi connectivity index (χ3n) is 2.73. The van der Waals surface area contributed by atoms with Gasteiger partial charge in [-0.05, 0) is 17.7 Å². The molecule has 0 saturated carbocycles. The molecule has 1 N–H and O–H groups in total. The Bertz CT molecular complexity index is 514. The van der Waals surface area contributed by atoms with E-state index in [1.165, 1.54) is 6.92 Å².